The first-order valence-corrected chi connectivity index (χ1v) is 10.1. The van der Waals surface area contributed by atoms with Crippen LogP contribution in [0.3, 0.4) is 0 Å². The Labute approximate surface area is 163 Å². The van der Waals surface area contributed by atoms with Crippen molar-refractivity contribution in [2.45, 2.75) is 52.4 Å². The van der Waals surface area contributed by atoms with Gasteiger partial charge >= 0.3 is 0 Å². The normalized spacial score (nSPS) is 15.2. The minimum absolute atomic E-state index is 0.0166. The summed E-state index contributed by atoms with van der Waals surface area (Å²) >= 11 is 0. The second-order valence-electron chi connectivity index (χ2n) is 7.78. The summed E-state index contributed by atoms with van der Waals surface area (Å²) in [4.78, 5) is 12.4. The lowest BCUT2D eigenvalue weighted by Crippen LogP contribution is -2.10. The molecule has 142 valence electrons. The number of ketones is 1. The summed E-state index contributed by atoms with van der Waals surface area (Å²) in [5, 5.41) is 0. The van der Waals surface area contributed by atoms with Gasteiger partial charge in [-0.15, -0.1) is 0 Å². The summed E-state index contributed by atoms with van der Waals surface area (Å²) in [5.41, 5.74) is 4.16. The zero-order valence-electron chi connectivity index (χ0n) is 16.5. The summed E-state index contributed by atoms with van der Waals surface area (Å²) in [6.07, 6.45) is 11.5. The standard InChI is InChI=1S/C25H30O2/c1-19-16-20(2)18-22(17-19)8-13-25(26)23-9-11-24(12-10-23)27-15-14-21-6-4-3-5-7-21/h8-13,16-18,21H,3-7,14-15H2,1-2H3/b13-8+. The molecule has 27 heavy (non-hydrogen) atoms. The minimum atomic E-state index is 0.0166. The number of carbonyl (C=O) groups excluding carboxylic acids is 1. The smallest absolute Gasteiger partial charge is 0.185 e. The van der Waals surface area contributed by atoms with Gasteiger partial charge in [-0.25, -0.2) is 0 Å². The summed E-state index contributed by atoms with van der Waals surface area (Å²) in [5.74, 6) is 1.69. The highest BCUT2D eigenvalue weighted by atomic mass is 16.5. The first-order valence-electron chi connectivity index (χ1n) is 10.1. The van der Waals surface area contributed by atoms with Crippen molar-refractivity contribution in [1.82, 2.24) is 0 Å². The number of rotatable bonds is 7. The Morgan fingerprint density at radius 2 is 1.67 bits per heavy atom. The van der Waals surface area contributed by atoms with Gasteiger partial charge in [-0.1, -0.05) is 67.5 Å². The van der Waals surface area contributed by atoms with Crippen LogP contribution in [-0.4, -0.2) is 12.4 Å². The molecule has 1 aliphatic rings. The van der Waals surface area contributed by atoms with Gasteiger partial charge in [-0.2, -0.15) is 0 Å². The summed E-state index contributed by atoms with van der Waals surface area (Å²) in [6.45, 7) is 4.91. The average Bonchev–Trinajstić information content (AvgIpc) is 2.67. The van der Waals surface area contributed by atoms with Crippen LogP contribution in [0.25, 0.3) is 6.08 Å². The third-order valence-corrected chi connectivity index (χ3v) is 5.33. The summed E-state index contributed by atoms with van der Waals surface area (Å²) < 4.78 is 5.87. The maximum atomic E-state index is 12.4. The number of allylic oxidation sites excluding steroid dienone is 1. The van der Waals surface area contributed by atoms with Crippen LogP contribution in [-0.2, 0) is 0 Å². The molecule has 0 heterocycles. The van der Waals surface area contributed by atoms with E-state index in [1.165, 1.54) is 43.2 Å². The maximum absolute atomic E-state index is 12.4. The van der Waals surface area contributed by atoms with Crippen molar-refractivity contribution in [2.75, 3.05) is 6.61 Å². The van der Waals surface area contributed by atoms with Crippen molar-refractivity contribution in [3.05, 3.63) is 70.8 Å². The van der Waals surface area contributed by atoms with Crippen molar-refractivity contribution in [2.24, 2.45) is 5.92 Å². The van der Waals surface area contributed by atoms with Crippen molar-refractivity contribution < 1.29 is 9.53 Å². The van der Waals surface area contributed by atoms with Crippen LogP contribution in [0.1, 0.15) is 65.6 Å². The molecule has 2 heteroatoms. The van der Waals surface area contributed by atoms with Crippen LogP contribution < -0.4 is 4.74 Å². The van der Waals surface area contributed by atoms with Crippen molar-refractivity contribution in [3.8, 4) is 5.75 Å². The SMILES string of the molecule is Cc1cc(C)cc(/C=C/C(=O)c2ccc(OCCC3CCCCC3)cc2)c1. The topological polar surface area (TPSA) is 26.3 Å². The van der Waals surface area contributed by atoms with Crippen molar-refractivity contribution in [3.63, 3.8) is 0 Å². The Morgan fingerprint density at radius 1 is 1.00 bits per heavy atom. The Morgan fingerprint density at radius 3 is 2.33 bits per heavy atom. The molecule has 0 radical (unpaired) electrons. The molecule has 0 amide bonds. The fraction of sp³-hybridized carbons (Fsp3) is 0.400. The predicted molar refractivity (Wildman–Crippen MR) is 112 cm³/mol. The van der Waals surface area contributed by atoms with Gasteiger partial charge in [-0.3, -0.25) is 4.79 Å². The number of benzene rings is 2. The highest BCUT2D eigenvalue weighted by Crippen LogP contribution is 2.26. The molecule has 0 atom stereocenters. The minimum Gasteiger partial charge on any atom is -0.494 e. The number of aryl methyl sites for hydroxylation is 2. The molecule has 3 rings (SSSR count). The molecule has 0 aliphatic heterocycles. The van der Waals surface area contributed by atoms with E-state index in [1.807, 2.05) is 30.3 Å². The average molecular weight is 363 g/mol. The fourth-order valence-corrected chi connectivity index (χ4v) is 3.91. The molecule has 2 aromatic rings. The van der Waals surface area contributed by atoms with E-state index in [-0.39, 0.29) is 5.78 Å². The van der Waals surface area contributed by atoms with Gasteiger partial charge in [0.15, 0.2) is 5.78 Å². The molecule has 0 saturated heterocycles. The summed E-state index contributed by atoms with van der Waals surface area (Å²) in [7, 11) is 0. The largest absolute Gasteiger partial charge is 0.494 e. The van der Waals surface area contributed by atoms with E-state index in [2.05, 4.69) is 32.0 Å². The molecule has 1 aliphatic carbocycles. The van der Waals surface area contributed by atoms with Gasteiger partial charge in [0, 0.05) is 5.56 Å². The molecule has 0 spiro atoms. The predicted octanol–water partition coefficient (Wildman–Crippen LogP) is 6.55. The van der Waals surface area contributed by atoms with Crippen molar-refractivity contribution >= 4 is 11.9 Å². The lowest BCUT2D eigenvalue weighted by molar-refractivity contribution is 0.104. The van der Waals surface area contributed by atoms with E-state index >= 15 is 0 Å². The van der Waals surface area contributed by atoms with Gasteiger partial charge in [0.25, 0.3) is 0 Å². The molecule has 0 N–H and O–H groups in total. The zero-order valence-corrected chi connectivity index (χ0v) is 16.5. The molecule has 0 bridgehead atoms. The third kappa shape index (κ3) is 6.09. The van der Waals surface area contributed by atoms with E-state index in [0.29, 0.717) is 5.56 Å². The number of ether oxygens (including phenoxy) is 1. The fourth-order valence-electron chi connectivity index (χ4n) is 3.91. The van der Waals surface area contributed by atoms with Crippen LogP contribution in [0.5, 0.6) is 5.75 Å². The van der Waals surface area contributed by atoms with Gasteiger partial charge in [0.05, 0.1) is 6.61 Å². The monoisotopic (exact) mass is 362 g/mol. The second-order valence-corrected chi connectivity index (χ2v) is 7.78. The van der Waals surface area contributed by atoms with Gasteiger partial charge < -0.3 is 4.74 Å². The van der Waals surface area contributed by atoms with Crippen LogP contribution in [0, 0.1) is 19.8 Å². The molecule has 0 unspecified atom stereocenters. The molecule has 1 saturated carbocycles. The lowest BCUT2D eigenvalue weighted by atomic mass is 9.87. The van der Waals surface area contributed by atoms with E-state index in [1.54, 1.807) is 6.08 Å². The van der Waals surface area contributed by atoms with E-state index in [0.717, 1.165) is 30.3 Å². The highest BCUT2D eigenvalue weighted by Gasteiger charge is 2.13. The molecule has 0 aromatic heterocycles. The second kappa shape index (κ2) is 9.55. The van der Waals surface area contributed by atoms with Crippen LogP contribution in [0.4, 0.5) is 0 Å². The first-order chi connectivity index (χ1) is 13.1. The van der Waals surface area contributed by atoms with Gasteiger partial charge in [0.2, 0.25) is 0 Å². The molecule has 2 nitrogen and oxygen atoms in total. The third-order valence-electron chi connectivity index (χ3n) is 5.33. The van der Waals surface area contributed by atoms with Crippen LogP contribution >= 0.6 is 0 Å². The Hall–Kier alpha value is -2.35. The quantitative estimate of drug-likeness (QED) is 0.412. The van der Waals surface area contributed by atoms with E-state index in [9.17, 15) is 4.79 Å². The van der Waals surface area contributed by atoms with Crippen molar-refractivity contribution in [1.29, 1.82) is 0 Å². The Balaban J connectivity index is 1.51. The Bertz CT molecular complexity index is 760. The molecular weight excluding hydrogens is 332 g/mol. The Kier molecular flexibility index (Phi) is 6.86. The molecule has 1 fully saturated rings. The van der Waals surface area contributed by atoms with Gasteiger partial charge in [0.1, 0.15) is 5.75 Å². The molecule has 2 aromatic carbocycles. The number of hydrogen-bond acceptors (Lipinski definition) is 2. The number of carbonyl (C=O) groups is 1. The highest BCUT2D eigenvalue weighted by molar-refractivity contribution is 6.06. The number of hydrogen-bond donors (Lipinski definition) is 0. The maximum Gasteiger partial charge on any atom is 0.185 e. The zero-order chi connectivity index (χ0) is 19.1. The van der Waals surface area contributed by atoms with E-state index < -0.39 is 0 Å². The van der Waals surface area contributed by atoms with Crippen LogP contribution in [0.2, 0.25) is 0 Å². The van der Waals surface area contributed by atoms with E-state index in [4.69, 9.17) is 4.74 Å². The molecular formula is C25H30O2. The first kappa shape index (κ1) is 19.4. The summed E-state index contributed by atoms with van der Waals surface area (Å²) in [6, 6.07) is 13.8. The van der Waals surface area contributed by atoms with Crippen LogP contribution in [0.15, 0.2) is 48.5 Å². The lowest BCUT2D eigenvalue weighted by Gasteiger charge is -2.21. The van der Waals surface area contributed by atoms with Gasteiger partial charge in [-0.05, 0) is 62.1 Å².